The van der Waals surface area contributed by atoms with E-state index in [1.54, 1.807) is 0 Å². The topological polar surface area (TPSA) is 39.2 Å². The average molecular weight is 268 g/mol. The lowest BCUT2D eigenvalue weighted by Crippen LogP contribution is -2.14. The van der Waals surface area contributed by atoms with E-state index in [1.165, 1.54) is 6.92 Å². The zero-order valence-electron chi connectivity index (χ0n) is 8.84. The minimum Gasteiger partial charge on any atom is -0.462 e. The number of nitrogens with zero attached hydrogens (tertiary/aromatic N) is 1. The molecule has 17 heavy (non-hydrogen) atoms. The standard InChI is InChI=1S/C10H9ClF3NO2/c1-2-17-10(16)7-6(3-11)15-4-5(8(7)12)9(13)14/h4,9H,2-3H2,1H3. The van der Waals surface area contributed by atoms with Gasteiger partial charge in [0.05, 0.1) is 23.7 Å². The zero-order chi connectivity index (χ0) is 13.0. The van der Waals surface area contributed by atoms with Crippen molar-refractivity contribution < 1.29 is 22.7 Å². The van der Waals surface area contributed by atoms with Gasteiger partial charge in [-0.1, -0.05) is 0 Å². The number of alkyl halides is 3. The largest absolute Gasteiger partial charge is 0.462 e. The van der Waals surface area contributed by atoms with Crippen molar-refractivity contribution in [3.63, 3.8) is 0 Å². The Morgan fingerprint density at radius 3 is 2.71 bits per heavy atom. The molecule has 0 bridgehead atoms. The van der Waals surface area contributed by atoms with Crippen molar-refractivity contribution in [3.05, 3.63) is 28.8 Å². The molecule has 0 aliphatic rings. The summed E-state index contributed by atoms with van der Waals surface area (Å²) in [4.78, 5) is 14.9. The Bertz CT molecular complexity index is 426. The lowest BCUT2D eigenvalue weighted by Gasteiger charge is -2.10. The number of carbonyl (C=O) groups excluding carboxylic acids is 1. The molecule has 0 aromatic carbocycles. The van der Waals surface area contributed by atoms with Crippen LogP contribution in [-0.2, 0) is 10.6 Å². The predicted molar refractivity (Wildman–Crippen MR) is 54.7 cm³/mol. The van der Waals surface area contributed by atoms with Gasteiger partial charge in [0.15, 0.2) is 0 Å². The van der Waals surface area contributed by atoms with Gasteiger partial charge in [0, 0.05) is 6.20 Å². The van der Waals surface area contributed by atoms with E-state index in [1.807, 2.05) is 0 Å². The molecular formula is C10H9ClF3NO2. The number of carbonyl (C=O) groups is 1. The van der Waals surface area contributed by atoms with Crippen LogP contribution >= 0.6 is 11.6 Å². The van der Waals surface area contributed by atoms with Gasteiger partial charge >= 0.3 is 5.97 Å². The Balaban J connectivity index is 3.32. The number of halogens is 4. The summed E-state index contributed by atoms with van der Waals surface area (Å²) in [6.45, 7) is 1.51. The highest BCUT2D eigenvalue weighted by Gasteiger charge is 2.25. The van der Waals surface area contributed by atoms with Crippen LogP contribution in [0.1, 0.15) is 35.0 Å². The molecule has 3 nitrogen and oxygen atoms in total. The van der Waals surface area contributed by atoms with Gasteiger partial charge in [-0.25, -0.2) is 18.0 Å². The van der Waals surface area contributed by atoms with Crippen LogP contribution in [0.2, 0.25) is 0 Å². The molecule has 1 aromatic heterocycles. The fourth-order valence-electron chi connectivity index (χ4n) is 1.20. The molecule has 0 saturated carbocycles. The van der Waals surface area contributed by atoms with Crippen molar-refractivity contribution >= 4 is 17.6 Å². The number of hydrogen-bond acceptors (Lipinski definition) is 3. The molecule has 0 N–H and O–H groups in total. The van der Waals surface area contributed by atoms with Crippen molar-refractivity contribution in [1.29, 1.82) is 0 Å². The van der Waals surface area contributed by atoms with Crippen LogP contribution in [0.5, 0.6) is 0 Å². The minimum atomic E-state index is -3.06. The van der Waals surface area contributed by atoms with Crippen molar-refractivity contribution in [3.8, 4) is 0 Å². The highest BCUT2D eigenvalue weighted by atomic mass is 35.5. The highest BCUT2D eigenvalue weighted by molar-refractivity contribution is 6.17. The molecule has 1 aromatic rings. The molecular weight excluding hydrogens is 259 g/mol. The van der Waals surface area contributed by atoms with Gasteiger partial charge in [-0.05, 0) is 6.92 Å². The van der Waals surface area contributed by atoms with Crippen LogP contribution in [0.3, 0.4) is 0 Å². The molecule has 0 fully saturated rings. The van der Waals surface area contributed by atoms with Gasteiger partial charge in [-0.15, -0.1) is 11.6 Å². The second-order valence-electron chi connectivity index (χ2n) is 3.00. The van der Waals surface area contributed by atoms with E-state index in [9.17, 15) is 18.0 Å². The molecule has 0 saturated heterocycles. The summed E-state index contributed by atoms with van der Waals surface area (Å²) < 4.78 is 43.1. The molecule has 7 heteroatoms. The van der Waals surface area contributed by atoms with E-state index in [4.69, 9.17) is 11.6 Å². The summed E-state index contributed by atoms with van der Waals surface area (Å²) >= 11 is 5.46. The Morgan fingerprint density at radius 1 is 1.59 bits per heavy atom. The normalized spacial score (nSPS) is 10.7. The van der Waals surface area contributed by atoms with Crippen LogP contribution in [-0.4, -0.2) is 17.6 Å². The first-order valence-electron chi connectivity index (χ1n) is 4.71. The zero-order valence-corrected chi connectivity index (χ0v) is 9.60. The number of ether oxygens (including phenoxy) is 1. The van der Waals surface area contributed by atoms with Gasteiger partial charge < -0.3 is 4.74 Å². The van der Waals surface area contributed by atoms with E-state index in [0.29, 0.717) is 6.20 Å². The van der Waals surface area contributed by atoms with E-state index in [2.05, 4.69) is 9.72 Å². The Hall–Kier alpha value is -1.30. The molecule has 0 spiro atoms. The third kappa shape index (κ3) is 2.88. The maximum Gasteiger partial charge on any atom is 0.343 e. The lowest BCUT2D eigenvalue weighted by molar-refractivity contribution is 0.0518. The van der Waals surface area contributed by atoms with Gasteiger partial charge in [0.1, 0.15) is 11.4 Å². The number of esters is 1. The molecule has 0 aliphatic carbocycles. The molecule has 1 heterocycles. The summed E-state index contributed by atoms with van der Waals surface area (Å²) in [6, 6.07) is 0. The SMILES string of the molecule is CCOC(=O)c1c(CCl)ncc(C(F)F)c1F. The third-order valence-electron chi connectivity index (χ3n) is 1.96. The fourth-order valence-corrected chi connectivity index (χ4v) is 1.41. The van der Waals surface area contributed by atoms with Crippen molar-refractivity contribution in [2.45, 2.75) is 19.2 Å². The Morgan fingerprint density at radius 2 is 2.24 bits per heavy atom. The monoisotopic (exact) mass is 267 g/mol. The summed E-state index contributed by atoms with van der Waals surface area (Å²) in [6.07, 6.45) is -2.39. The summed E-state index contributed by atoms with van der Waals surface area (Å²) in [5.74, 6) is -2.64. The molecule has 0 atom stereocenters. The first-order valence-corrected chi connectivity index (χ1v) is 5.24. The average Bonchev–Trinajstić information content (AvgIpc) is 2.27. The lowest BCUT2D eigenvalue weighted by atomic mass is 10.1. The molecule has 1 rings (SSSR count). The van der Waals surface area contributed by atoms with Crippen molar-refractivity contribution in [2.24, 2.45) is 0 Å². The Kier molecular flexibility index (Phi) is 4.74. The first-order chi connectivity index (χ1) is 8.02. The Labute approximate surface area is 101 Å². The van der Waals surface area contributed by atoms with Crippen LogP contribution in [0, 0.1) is 5.82 Å². The second kappa shape index (κ2) is 5.86. The molecule has 0 radical (unpaired) electrons. The molecule has 94 valence electrons. The van der Waals surface area contributed by atoms with Gasteiger partial charge in [0.25, 0.3) is 6.43 Å². The van der Waals surface area contributed by atoms with Crippen LogP contribution < -0.4 is 0 Å². The number of rotatable bonds is 4. The number of aromatic nitrogens is 1. The third-order valence-corrected chi connectivity index (χ3v) is 2.22. The van der Waals surface area contributed by atoms with Gasteiger partial charge in [-0.2, -0.15) is 0 Å². The fraction of sp³-hybridized carbons (Fsp3) is 0.400. The molecule has 0 unspecified atom stereocenters. The van der Waals surface area contributed by atoms with Crippen LogP contribution in [0.25, 0.3) is 0 Å². The van der Waals surface area contributed by atoms with E-state index in [0.717, 1.165) is 0 Å². The van der Waals surface area contributed by atoms with Gasteiger partial charge in [-0.3, -0.25) is 4.98 Å². The smallest absolute Gasteiger partial charge is 0.343 e. The second-order valence-corrected chi connectivity index (χ2v) is 3.27. The van der Waals surface area contributed by atoms with E-state index >= 15 is 0 Å². The number of pyridine rings is 1. The number of hydrogen-bond donors (Lipinski definition) is 0. The quantitative estimate of drug-likeness (QED) is 0.622. The van der Waals surface area contributed by atoms with Crippen LogP contribution in [0.4, 0.5) is 13.2 Å². The van der Waals surface area contributed by atoms with Crippen LogP contribution in [0.15, 0.2) is 6.20 Å². The van der Waals surface area contributed by atoms with E-state index in [-0.39, 0.29) is 18.2 Å². The predicted octanol–water partition coefficient (Wildman–Crippen LogP) is 3.07. The first kappa shape index (κ1) is 13.8. The maximum atomic E-state index is 13.7. The van der Waals surface area contributed by atoms with E-state index < -0.39 is 29.3 Å². The summed E-state index contributed by atoms with van der Waals surface area (Å²) in [5.41, 5.74) is -1.69. The molecule has 0 amide bonds. The van der Waals surface area contributed by atoms with Crippen molar-refractivity contribution in [2.75, 3.05) is 6.61 Å². The van der Waals surface area contributed by atoms with Gasteiger partial charge in [0.2, 0.25) is 0 Å². The summed E-state index contributed by atoms with van der Waals surface area (Å²) in [7, 11) is 0. The highest BCUT2D eigenvalue weighted by Crippen LogP contribution is 2.26. The van der Waals surface area contributed by atoms with Crippen molar-refractivity contribution in [1.82, 2.24) is 4.98 Å². The maximum absolute atomic E-state index is 13.7. The minimum absolute atomic E-state index is 0.00109. The summed E-state index contributed by atoms with van der Waals surface area (Å²) in [5, 5.41) is 0. The molecule has 0 aliphatic heterocycles.